The van der Waals surface area contributed by atoms with Crippen molar-refractivity contribution in [1.29, 1.82) is 0 Å². The normalized spacial score (nSPS) is 10.6. The smallest absolute Gasteiger partial charge is 0.423 e. The van der Waals surface area contributed by atoms with Gasteiger partial charge in [0.1, 0.15) is 0 Å². The molecule has 2 aromatic rings. The van der Waals surface area contributed by atoms with Crippen molar-refractivity contribution in [3.63, 3.8) is 0 Å². The minimum Gasteiger partial charge on any atom is -0.423 e. The number of hydrogen-bond donors (Lipinski definition) is 2. The molecule has 0 saturated heterocycles. The molecule has 0 atom stereocenters. The second-order valence-corrected chi connectivity index (χ2v) is 3.31. The molecule has 0 radical (unpaired) electrons. The van der Waals surface area contributed by atoms with Crippen LogP contribution in [-0.2, 0) is 7.05 Å². The maximum Gasteiger partial charge on any atom is 0.488 e. The highest BCUT2D eigenvalue weighted by Crippen LogP contribution is 2.03. The van der Waals surface area contributed by atoms with Crippen LogP contribution in [0.5, 0.6) is 0 Å². The fraction of sp³-hybridized carbons (Fsp3) is 0.111. The van der Waals surface area contributed by atoms with Crippen LogP contribution in [0, 0.1) is 0 Å². The van der Waals surface area contributed by atoms with E-state index in [-0.39, 0.29) is 11.0 Å². The Labute approximate surface area is 85.8 Å². The van der Waals surface area contributed by atoms with E-state index in [4.69, 9.17) is 10.0 Å². The van der Waals surface area contributed by atoms with Gasteiger partial charge in [-0.25, -0.2) is 4.98 Å². The molecule has 0 aliphatic heterocycles. The minimum absolute atomic E-state index is 0.206. The highest BCUT2D eigenvalue weighted by Gasteiger charge is 2.12. The van der Waals surface area contributed by atoms with Crippen LogP contribution < -0.4 is 11.0 Å². The first-order valence-electron chi connectivity index (χ1n) is 4.41. The number of aromatic nitrogens is 2. The average molecular weight is 204 g/mol. The highest BCUT2D eigenvalue weighted by atomic mass is 16.4. The van der Waals surface area contributed by atoms with Crippen LogP contribution in [0.4, 0.5) is 0 Å². The Morgan fingerprint density at radius 3 is 2.80 bits per heavy atom. The summed E-state index contributed by atoms with van der Waals surface area (Å²) in [5, 5.41) is 18.3. The van der Waals surface area contributed by atoms with Gasteiger partial charge in [0.05, 0.1) is 17.2 Å². The molecule has 2 N–H and O–H groups in total. The van der Waals surface area contributed by atoms with Gasteiger partial charge in [0.15, 0.2) is 0 Å². The molecule has 6 heteroatoms. The molecule has 0 fully saturated rings. The summed E-state index contributed by atoms with van der Waals surface area (Å²) in [7, 11) is 0.0240. The van der Waals surface area contributed by atoms with E-state index in [0.29, 0.717) is 10.9 Å². The first-order valence-corrected chi connectivity index (χ1v) is 4.41. The van der Waals surface area contributed by atoms with E-state index < -0.39 is 7.12 Å². The van der Waals surface area contributed by atoms with Gasteiger partial charge in [-0.15, -0.1) is 0 Å². The molecular formula is C9H9BN2O3. The molecule has 0 saturated carbocycles. The highest BCUT2D eigenvalue weighted by molar-refractivity contribution is 6.58. The Balaban J connectivity index is 2.80. The Hall–Kier alpha value is -1.66. The SMILES string of the molecule is Cn1cnc2ccc(B(O)O)cc2c1=O. The van der Waals surface area contributed by atoms with Crippen molar-refractivity contribution < 1.29 is 10.0 Å². The van der Waals surface area contributed by atoms with E-state index in [2.05, 4.69) is 4.98 Å². The summed E-state index contributed by atoms with van der Waals surface area (Å²) in [4.78, 5) is 15.7. The van der Waals surface area contributed by atoms with E-state index in [9.17, 15) is 4.79 Å². The summed E-state index contributed by atoms with van der Waals surface area (Å²) < 4.78 is 1.34. The molecule has 0 aliphatic rings. The third-order valence-corrected chi connectivity index (χ3v) is 2.24. The maximum atomic E-state index is 11.7. The predicted octanol–water partition coefficient (Wildman–Crippen LogP) is -1.39. The molecule has 0 unspecified atom stereocenters. The third kappa shape index (κ3) is 1.64. The zero-order chi connectivity index (χ0) is 11.0. The molecule has 0 aliphatic carbocycles. The Kier molecular flexibility index (Phi) is 2.30. The van der Waals surface area contributed by atoms with E-state index in [0.717, 1.165) is 0 Å². The van der Waals surface area contributed by atoms with Gasteiger partial charge in [-0.1, -0.05) is 6.07 Å². The Bertz CT molecular complexity index is 565. The van der Waals surface area contributed by atoms with Gasteiger partial charge in [-0.05, 0) is 17.6 Å². The summed E-state index contributed by atoms with van der Waals surface area (Å²) in [5.41, 5.74) is 0.623. The topological polar surface area (TPSA) is 75.3 Å². The summed E-state index contributed by atoms with van der Waals surface area (Å²) in [6.45, 7) is 0. The summed E-state index contributed by atoms with van der Waals surface area (Å²) >= 11 is 0. The van der Waals surface area contributed by atoms with Crippen LogP contribution in [0.15, 0.2) is 29.3 Å². The van der Waals surface area contributed by atoms with Crippen LogP contribution >= 0.6 is 0 Å². The van der Waals surface area contributed by atoms with Gasteiger partial charge in [-0.2, -0.15) is 0 Å². The summed E-state index contributed by atoms with van der Waals surface area (Å²) in [6.07, 6.45) is 1.43. The van der Waals surface area contributed by atoms with Crippen LogP contribution in [0.2, 0.25) is 0 Å². The Morgan fingerprint density at radius 2 is 2.13 bits per heavy atom. The molecule has 15 heavy (non-hydrogen) atoms. The van der Waals surface area contributed by atoms with Crippen LogP contribution in [-0.4, -0.2) is 26.7 Å². The average Bonchev–Trinajstić information content (AvgIpc) is 2.23. The quantitative estimate of drug-likeness (QED) is 0.561. The molecule has 0 bridgehead atoms. The number of hydrogen-bond acceptors (Lipinski definition) is 4. The lowest BCUT2D eigenvalue weighted by Gasteiger charge is -2.02. The zero-order valence-corrected chi connectivity index (χ0v) is 8.08. The molecular weight excluding hydrogens is 195 g/mol. The molecule has 5 nitrogen and oxygen atoms in total. The molecule has 1 heterocycles. The standard InChI is InChI=1S/C9H9BN2O3/c1-12-5-11-8-3-2-6(10(14)15)4-7(8)9(12)13/h2-5,14-15H,1H3. The fourth-order valence-corrected chi connectivity index (χ4v) is 1.39. The minimum atomic E-state index is -1.57. The first-order chi connectivity index (χ1) is 7.09. The maximum absolute atomic E-state index is 11.7. The third-order valence-electron chi connectivity index (χ3n) is 2.24. The van der Waals surface area contributed by atoms with Crippen LogP contribution in [0.25, 0.3) is 10.9 Å². The van der Waals surface area contributed by atoms with Gasteiger partial charge in [0, 0.05) is 7.05 Å². The van der Waals surface area contributed by atoms with Gasteiger partial charge in [-0.3, -0.25) is 4.79 Å². The van der Waals surface area contributed by atoms with Crippen molar-refractivity contribution in [2.45, 2.75) is 0 Å². The zero-order valence-electron chi connectivity index (χ0n) is 8.08. The summed E-state index contributed by atoms with van der Waals surface area (Å²) in [5.74, 6) is 0. The lowest BCUT2D eigenvalue weighted by atomic mass is 9.80. The summed E-state index contributed by atoms with van der Waals surface area (Å²) in [6, 6.07) is 4.56. The second kappa shape index (κ2) is 3.49. The van der Waals surface area contributed by atoms with Crippen molar-refractivity contribution in [2.75, 3.05) is 0 Å². The molecule has 76 valence electrons. The van der Waals surface area contributed by atoms with Crippen molar-refractivity contribution in [1.82, 2.24) is 9.55 Å². The molecule has 2 rings (SSSR count). The lowest BCUT2D eigenvalue weighted by molar-refractivity contribution is 0.426. The number of nitrogens with zero attached hydrogens (tertiary/aromatic N) is 2. The van der Waals surface area contributed by atoms with Crippen LogP contribution in [0.1, 0.15) is 0 Å². The lowest BCUT2D eigenvalue weighted by Crippen LogP contribution is -2.30. The van der Waals surface area contributed by atoms with E-state index in [1.54, 1.807) is 13.1 Å². The number of aryl methyl sites for hydroxylation is 1. The number of benzene rings is 1. The van der Waals surface area contributed by atoms with Crippen LogP contribution in [0.3, 0.4) is 0 Å². The van der Waals surface area contributed by atoms with Crippen molar-refractivity contribution >= 4 is 23.5 Å². The van der Waals surface area contributed by atoms with E-state index in [1.165, 1.54) is 23.0 Å². The first kappa shape index (κ1) is 9.88. The fourth-order valence-electron chi connectivity index (χ4n) is 1.39. The van der Waals surface area contributed by atoms with E-state index >= 15 is 0 Å². The molecule has 0 amide bonds. The van der Waals surface area contributed by atoms with Gasteiger partial charge in [0.25, 0.3) is 5.56 Å². The van der Waals surface area contributed by atoms with E-state index in [1.807, 2.05) is 0 Å². The largest absolute Gasteiger partial charge is 0.488 e. The van der Waals surface area contributed by atoms with Crippen molar-refractivity contribution in [3.05, 3.63) is 34.9 Å². The monoisotopic (exact) mass is 204 g/mol. The van der Waals surface area contributed by atoms with Crippen molar-refractivity contribution in [3.8, 4) is 0 Å². The van der Waals surface area contributed by atoms with Gasteiger partial charge >= 0.3 is 7.12 Å². The van der Waals surface area contributed by atoms with Gasteiger partial charge < -0.3 is 14.6 Å². The van der Waals surface area contributed by atoms with Crippen molar-refractivity contribution in [2.24, 2.45) is 7.05 Å². The molecule has 1 aromatic carbocycles. The molecule has 0 spiro atoms. The molecule has 1 aromatic heterocycles. The second-order valence-electron chi connectivity index (χ2n) is 3.31. The predicted molar refractivity (Wildman–Crippen MR) is 56.8 cm³/mol. The Morgan fingerprint density at radius 1 is 1.40 bits per heavy atom. The number of rotatable bonds is 1. The number of fused-ring (bicyclic) bond motifs is 1. The van der Waals surface area contributed by atoms with Gasteiger partial charge in [0.2, 0.25) is 0 Å².